The fourth-order valence-electron chi connectivity index (χ4n) is 10.7. The highest BCUT2D eigenvalue weighted by Gasteiger charge is 2.78. The molecule has 0 radical (unpaired) electrons. The molecule has 5 N–H and O–H groups in total. The van der Waals surface area contributed by atoms with E-state index >= 15 is 4.39 Å². The number of alkyl halides is 1. The number of nitrogens with zero attached hydrogens (tertiary/aromatic N) is 4. The lowest BCUT2D eigenvalue weighted by Gasteiger charge is -2.58. The molecule has 10 nitrogen and oxygen atoms in total. The Morgan fingerprint density at radius 2 is 1.71 bits per heavy atom. The fraction of sp³-hybridized carbons (Fsp3) is 0.800. The third kappa shape index (κ3) is 7.37. The van der Waals surface area contributed by atoms with Gasteiger partial charge in [0.25, 0.3) is 5.91 Å². The number of halogens is 1. The Morgan fingerprint density at radius 1 is 0.961 bits per heavy atom. The number of likely N-dealkylation sites (tertiary alicyclic amines) is 1. The summed E-state index contributed by atoms with van der Waals surface area (Å²) in [6.07, 6.45) is 9.89. The van der Waals surface area contributed by atoms with Crippen LogP contribution >= 0.6 is 0 Å². The quantitative estimate of drug-likeness (QED) is 0.187. The van der Waals surface area contributed by atoms with Crippen molar-refractivity contribution in [3.63, 3.8) is 0 Å². The minimum absolute atomic E-state index is 0.0316. The number of nitrogens with one attached hydrogen (secondary N) is 1. The molecule has 1 spiro atoms. The number of hydrogen-bond donors (Lipinski definition) is 3. The van der Waals surface area contributed by atoms with Crippen molar-refractivity contribution < 1.29 is 18.7 Å². The lowest BCUT2D eigenvalue weighted by molar-refractivity contribution is -0.144. The molecule has 11 heteroatoms. The molecule has 51 heavy (non-hydrogen) atoms. The Hall–Kier alpha value is -2.15. The maximum absolute atomic E-state index is 15.2. The van der Waals surface area contributed by atoms with Crippen LogP contribution in [-0.2, 0) is 9.53 Å². The van der Waals surface area contributed by atoms with Gasteiger partial charge in [-0.3, -0.25) is 19.4 Å². The number of rotatable bonds is 15. The van der Waals surface area contributed by atoms with Crippen molar-refractivity contribution in [3.05, 3.63) is 35.4 Å². The topological polar surface area (TPSA) is 120 Å². The van der Waals surface area contributed by atoms with Crippen molar-refractivity contribution in [2.24, 2.45) is 22.8 Å². The summed E-state index contributed by atoms with van der Waals surface area (Å²) in [4.78, 5) is 37.0. The number of carbonyl (C=O) groups is 2. The lowest BCUT2D eigenvalue weighted by Crippen LogP contribution is -2.71. The van der Waals surface area contributed by atoms with Crippen molar-refractivity contribution in [3.8, 4) is 0 Å². The monoisotopic (exact) mass is 710 g/mol. The number of amides is 2. The highest BCUT2D eigenvalue weighted by atomic mass is 19.1. The van der Waals surface area contributed by atoms with Crippen molar-refractivity contribution in [1.82, 2.24) is 24.9 Å². The molecule has 1 aromatic rings. The van der Waals surface area contributed by atoms with Gasteiger partial charge in [0.05, 0.1) is 31.3 Å². The Morgan fingerprint density at radius 3 is 2.37 bits per heavy atom. The fourth-order valence-corrected chi connectivity index (χ4v) is 10.7. The molecule has 6 unspecified atom stereocenters. The number of ether oxygens (including phenoxy) is 1. The second-order valence-corrected chi connectivity index (χ2v) is 16.9. The second kappa shape index (κ2) is 15.7. The number of benzene rings is 1. The Bertz CT molecular complexity index is 1350. The van der Waals surface area contributed by atoms with E-state index in [-0.39, 0.29) is 40.8 Å². The molecule has 6 aliphatic rings. The Balaban J connectivity index is 1.03. The first-order valence-corrected chi connectivity index (χ1v) is 20.3. The summed E-state index contributed by atoms with van der Waals surface area (Å²) in [5, 5.41) is 3.47. The van der Waals surface area contributed by atoms with Gasteiger partial charge in [0.15, 0.2) is 0 Å². The molecule has 1 saturated carbocycles. The third-order valence-corrected chi connectivity index (χ3v) is 13.8. The smallest absolute Gasteiger partial charge is 0.253 e. The van der Waals surface area contributed by atoms with Gasteiger partial charge in [-0.05, 0) is 74.7 Å². The van der Waals surface area contributed by atoms with E-state index in [1.807, 2.05) is 17.0 Å². The molecule has 1 aromatic carbocycles. The van der Waals surface area contributed by atoms with Crippen LogP contribution < -0.4 is 16.8 Å². The van der Waals surface area contributed by atoms with Gasteiger partial charge in [-0.1, -0.05) is 58.1 Å². The first kappa shape index (κ1) is 37.2. The molecule has 284 valence electrons. The maximum atomic E-state index is 15.2. The molecular weight excluding hydrogens is 645 g/mol. The number of unbranched alkanes of at least 4 members (excludes halogenated alkanes) is 4. The lowest BCUT2D eigenvalue weighted by atomic mass is 9.70. The minimum atomic E-state index is -0.871. The third-order valence-electron chi connectivity index (χ3n) is 13.8. The van der Waals surface area contributed by atoms with Crippen LogP contribution in [0, 0.1) is 11.3 Å². The van der Waals surface area contributed by atoms with Gasteiger partial charge in [0.2, 0.25) is 5.91 Å². The van der Waals surface area contributed by atoms with Gasteiger partial charge >= 0.3 is 0 Å². The largest absolute Gasteiger partial charge is 0.378 e. The molecular formula is C40H64FN7O3. The van der Waals surface area contributed by atoms with E-state index in [2.05, 4.69) is 46.0 Å². The minimum Gasteiger partial charge on any atom is -0.378 e. The molecule has 6 fully saturated rings. The van der Waals surface area contributed by atoms with Gasteiger partial charge in [-0.15, -0.1) is 0 Å². The van der Waals surface area contributed by atoms with Crippen LogP contribution in [0.5, 0.6) is 0 Å². The highest BCUT2D eigenvalue weighted by molar-refractivity contribution is 5.94. The zero-order valence-corrected chi connectivity index (χ0v) is 31.2. The van der Waals surface area contributed by atoms with E-state index in [1.54, 1.807) is 0 Å². The number of piperazine rings is 1. The number of piperidine rings is 2. The average molecular weight is 710 g/mol. The summed E-state index contributed by atoms with van der Waals surface area (Å²) in [6, 6.07) is 8.38. The summed E-state index contributed by atoms with van der Waals surface area (Å²) in [7, 11) is 0. The second-order valence-electron chi connectivity index (χ2n) is 16.9. The Labute approximate surface area is 305 Å². The van der Waals surface area contributed by atoms with E-state index < -0.39 is 18.3 Å². The molecule has 5 aliphatic heterocycles. The van der Waals surface area contributed by atoms with Crippen LogP contribution in [0.4, 0.5) is 4.39 Å². The molecule has 7 rings (SSSR count). The van der Waals surface area contributed by atoms with E-state index in [0.717, 1.165) is 110 Å². The highest BCUT2D eigenvalue weighted by Crippen LogP contribution is 2.75. The molecule has 5 saturated heterocycles. The van der Waals surface area contributed by atoms with Crippen LogP contribution in [-0.4, -0.2) is 133 Å². The first-order valence-electron chi connectivity index (χ1n) is 20.3. The molecule has 1 aliphatic carbocycles. The standard InChI is InChI=1S/C40H64FN7O3/c1-3-5-7-8-15-45-16-13-32(28-9-11-29(12-10-28)38(50)47-19-17-46(18-20-47)31-25-51-26-31)33(24-45)44-37(49)35(36(42)43)34-22-40-27-39(40,14-6-4-2)21-30(41)23-48(34)40/h9-12,30-36H,3-8,13-27,42-43H2,1-2H3,(H,44,49)/t30?,32?,33?,34?,35?,39-,40?/m0/s1. The summed E-state index contributed by atoms with van der Waals surface area (Å²) in [5.74, 6) is -0.509. The summed E-state index contributed by atoms with van der Waals surface area (Å²) in [6.45, 7) is 12.4. The zero-order valence-electron chi connectivity index (χ0n) is 31.2. The van der Waals surface area contributed by atoms with Crippen LogP contribution in [0.15, 0.2) is 24.3 Å². The van der Waals surface area contributed by atoms with Crippen LogP contribution in [0.25, 0.3) is 0 Å². The van der Waals surface area contributed by atoms with Crippen molar-refractivity contribution in [2.45, 2.75) is 126 Å². The molecule has 7 atom stereocenters. The van der Waals surface area contributed by atoms with Crippen LogP contribution in [0.1, 0.15) is 106 Å². The van der Waals surface area contributed by atoms with Crippen molar-refractivity contribution in [1.29, 1.82) is 0 Å². The summed E-state index contributed by atoms with van der Waals surface area (Å²) < 4.78 is 20.6. The molecule has 5 heterocycles. The summed E-state index contributed by atoms with van der Waals surface area (Å²) in [5.41, 5.74) is 14.8. The van der Waals surface area contributed by atoms with Crippen molar-refractivity contribution in [2.75, 3.05) is 65.6 Å². The predicted octanol–water partition coefficient (Wildman–Crippen LogP) is 3.69. The van der Waals surface area contributed by atoms with E-state index in [9.17, 15) is 9.59 Å². The number of nitrogens with two attached hydrogens (primary N) is 2. The first-order chi connectivity index (χ1) is 24.7. The molecule has 0 aromatic heterocycles. The molecule has 0 bridgehead atoms. The molecule has 2 amide bonds. The normalized spacial score (nSPS) is 33.6. The summed E-state index contributed by atoms with van der Waals surface area (Å²) >= 11 is 0. The number of carbonyl (C=O) groups excluding carboxylic acids is 2. The van der Waals surface area contributed by atoms with Gasteiger partial charge in [0.1, 0.15) is 6.17 Å². The van der Waals surface area contributed by atoms with Crippen LogP contribution in [0.3, 0.4) is 0 Å². The van der Waals surface area contributed by atoms with Crippen LogP contribution in [0.2, 0.25) is 0 Å². The zero-order chi connectivity index (χ0) is 35.8. The maximum Gasteiger partial charge on any atom is 0.253 e. The average Bonchev–Trinajstić information content (AvgIpc) is 3.77. The van der Waals surface area contributed by atoms with Gasteiger partial charge in [0, 0.05) is 68.4 Å². The number of hydrogen-bond acceptors (Lipinski definition) is 8. The predicted molar refractivity (Wildman–Crippen MR) is 198 cm³/mol. The van der Waals surface area contributed by atoms with E-state index in [0.29, 0.717) is 24.6 Å². The van der Waals surface area contributed by atoms with Gasteiger partial charge in [-0.2, -0.15) is 0 Å². The van der Waals surface area contributed by atoms with E-state index in [4.69, 9.17) is 16.2 Å². The SMILES string of the molecule is CCCCCCN1CCC(c2ccc(C(=O)N3CCN(C4COC4)CC3)cc2)C(NC(=O)C(C(N)N)C2CC34C[C@]3(CCCC)CC(F)CN24)C1. The van der Waals surface area contributed by atoms with Crippen molar-refractivity contribution >= 4 is 11.8 Å². The van der Waals surface area contributed by atoms with E-state index in [1.165, 1.54) is 19.3 Å². The Kier molecular flexibility index (Phi) is 11.4. The van der Waals surface area contributed by atoms with Gasteiger partial charge in [-0.25, -0.2) is 4.39 Å². The van der Waals surface area contributed by atoms with Gasteiger partial charge < -0.3 is 31.3 Å².